The average molecular weight is 325 g/mol. The van der Waals surface area contributed by atoms with Crippen LogP contribution in [-0.2, 0) is 0 Å². The molecule has 0 spiro atoms. The van der Waals surface area contributed by atoms with Crippen molar-refractivity contribution in [2.45, 2.75) is 0 Å². The van der Waals surface area contributed by atoms with E-state index in [9.17, 15) is 4.79 Å². The number of rotatable bonds is 2. The summed E-state index contributed by atoms with van der Waals surface area (Å²) in [7, 11) is 0. The SMILES string of the molecule is NCC#Cc1cc(C(=O)Nc2cccc(Cl)c2Cl)cs1. The molecule has 20 heavy (non-hydrogen) atoms. The maximum atomic E-state index is 12.1. The van der Waals surface area contributed by atoms with Crippen molar-refractivity contribution < 1.29 is 4.79 Å². The quantitative estimate of drug-likeness (QED) is 0.829. The van der Waals surface area contributed by atoms with Crippen molar-refractivity contribution in [2.75, 3.05) is 11.9 Å². The van der Waals surface area contributed by atoms with Gasteiger partial charge in [0.05, 0.1) is 32.7 Å². The zero-order valence-corrected chi connectivity index (χ0v) is 12.6. The summed E-state index contributed by atoms with van der Waals surface area (Å²) < 4.78 is 0. The van der Waals surface area contributed by atoms with Gasteiger partial charge in [0.2, 0.25) is 0 Å². The van der Waals surface area contributed by atoms with Crippen molar-refractivity contribution in [3.8, 4) is 11.8 Å². The summed E-state index contributed by atoms with van der Waals surface area (Å²) in [4.78, 5) is 12.9. The number of amides is 1. The lowest BCUT2D eigenvalue weighted by Gasteiger charge is -2.06. The zero-order valence-electron chi connectivity index (χ0n) is 10.2. The largest absolute Gasteiger partial charge is 0.321 e. The van der Waals surface area contributed by atoms with Gasteiger partial charge in [0.25, 0.3) is 5.91 Å². The maximum absolute atomic E-state index is 12.1. The molecule has 3 nitrogen and oxygen atoms in total. The number of carbonyl (C=O) groups is 1. The molecule has 102 valence electrons. The molecule has 0 unspecified atom stereocenters. The van der Waals surface area contributed by atoms with Gasteiger partial charge in [-0.1, -0.05) is 41.1 Å². The molecule has 1 amide bonds. The Hall–Kier alpha value is -1.51. The lowest BCUT2D eigenvalue weighted by atomic mass is 10.2. The van der Waals surface area contributed by atoms with Gasteiger partial charge in [-0.05, 0) is 18.2 Å². The summed E-state index contributed by atoms with van der Waals surface area (Å²) in [5.41, 5.74) is 6.30. The molecule has 1 heterocycles. The molecule has 2 aromatic rings. The summed E-state index contributed by atoms with van der Waals surface area (Å²) >= 11 is 13.3. The third kappa shape index (κ3) is 3.53. The summed E-state index contributed by atoms with van der Waals surface area (Å²) in [5, 5.41) is 5.16. The zero-order chi connectivity index (χ0) is 14.5. The topological polar surface area (TPSA) is 55.1 Å². The van der Waals surface area contributed by atoms with Gasteiger partial charge in [-0.3, -0.25) is 4.79 Å². The van der Waals surface area contributed by atoms with E-state index < -0.39 is 0 Å². The van der Waals surface area contributed by atoms with Gasteiger partial charge < -0.3 is 11.1 Å². The summed E-state index contributed by atoms with van der Waals surface area (Å²) in [5.74, 6) is 5.36. The van der Waals surface area contributed by atoms with Gasteiger partial charge in [0.15, 0.2) is 0 Å². The molecule has 2 rings (SSSR count). The van der Waals surface area contributed by atoms with E-state index in [4.69, 9.17) is 28.9 Å². The lowest BCUT2D eigenvalue weighted by molar-refractivity contribution is 0.102. The van der Waals surface area contributed by atoms with E-state index in [-0.39, 0.29) is 12.5 Å². The Morgan fingerprint density at radius 1 is 1.40 bits per heavy atom. The fourth-order valence-electron chi connectivity index (χ4n) is 1.45. The van der Waals surface area contributed by atoms with Crippen molar-refractivity contribution >= 4 is 46.1 Å². The minimum atomic E-state index is -0.258. The highest BCUT2D eigenvalue weighted by atomic mass is 35.5. The number of benzene rings is 1. The predicted octanol–water partition coefficient (Wildman–Crippen LogP) is 3.62. The minimum Gasteiger partial charge on any atom is -0.321 e. The van der Waals surface area contributed by atoms with E-state index in [1.807, 2.05) is 0 Å². The van der Waals surface area contributed by atoms with Crippen LogP contribution in [0.4, 0.5) is 5.69 Å². The second kappa shape index (κ2) is 6.78. The Balaban J connectivity index is 2.16. The molecular weight excluding hydrogens is 315 g/mol. The number of thiophene rings is 1. The van der Waals surface area contributed by atoms with E-state index in [2.05, 4.69) is 17.2 Å². The van der Waals surface area contributed by atoms with Crippen LogP contribution in [0, 0.1) is 11.8 Å². The van der Waals surface area contributed by atoms with E-state index in [1.165, 1.54) is 11.3 Å². The molecule has 1 aromatic carbocycles. The Bertz CT molecular complexity index is 701. The molecule has 3 N–H and O–H groups in total. The van der Waals surface area contributed by atoms with E-state index in [1.54, 1.807) is 29.6 Å². The third-order valence-electron chi connectivity index (χ3n) is 2.38. The standard InChI is InChI=1S/C14H10Cl2N2OS/c15-11-4-1-5-12(13(11)16)18-14(19)9-7-10(20-8-9)3-2-6-17/h1,4-5,7-8H,6,17H2,(H,18,19). The Labute approximate surface area is 130 Å². The Kier molecular flexibility index (Phi) is 5.05. The van der Waals surface area contributed by atoms with Crippen molar-refractivity contribution in [1.29, 1.82) is 0 Å². The van der Waals surface area contributed by atoms with E-state index in [0.717, 1.165) is 4.88 Å². The van der Waals surface area contributed by atoms with Crippen LogP contribution in [0.15, 0.2) is 29.6 Å². The van der Waals surface area contributed by atoms with Crippen LogP contribution in [0.2, 0.25) is 10.0 Å². The van der Waals surface area contributed by atoms with Crippen LogP contribution < -0.4 is 11.1 Å². The number of carbonyl (C=O) groups excluding carboxylic acids is 1. The first-order valence-corrected chi connectivity index (χ1v) is 7.28. The molecule has 0 saturated heterocycles. The molecule has 0 bridgehead atoms. The highest BCUT2D eigenvalue weighted by Gasteiger charge is 2.11. The molecule has 6 heteroatoms. The number of halogens is 2. The first kappa shape index (κ1) is 14.9. The molecule has 0 fully saturated rings. The first-order chi connectivity index (χ1) is 9.61. The van der Waals surface area contributed by atoms with Gasteiger partial charge in [-0.25, -0.2) is 0 Å². The van der Waals surface area contributed by atoms with E-state index >= 15 is 0 Å². The number of hydrogen-bond acceptors (Lipinski definition) is 3. The number of anilines is 1. The first-order valence-electron chi connectivity index (χ1n) is 5.64. The van der Waals surface area contributed by atoms with Crippen LogP contribution >= 0.6 is 34.5 Å². The predicted molar refractivity (Wildman–Crippen MR) is 84.7 cm³/mol. The van der Waals surface area contributed by atoms with Crippen LogP contribution in [0.1, 0.15) is 15.2 Å². The van der Waals surface area contributed by atoms with Gasteiger partial charge in [0.1, 0.15) is 0 Å². The van der Waals surface area contributed by atoms with Crippen LogP contribution in [0.25, 0.3) is 0 Å². The molecule has 0 aliphatic carbocycles. The molecule has 0 aliphatic heterocycles. The maximum Gasteiger partial charge on any atom is 0.256 e. The monoisotopic (exact) mass is 324 g/mol. The van der Waals surface area contributed by atoms with Crippen molar-refractivity contribution in [1.82, 2.24) is 0 Å². The molecule has 1 aromatic heterocycles. The van der Waals surface area contributed by atoms with Crippen molar-refractivity contribution in [2.24, 2.45) is 5.73 Å². The summed E-state index contributed by atoms with van der Waals surface area (Å²) in [6.45, 7) is 0.289. The third-order valence-corrected chi connectivity index (χ3v) is 4.04. The second-order valence-corrected chi connectivity index (χ2v) is 5.46. The lowest BCUT2D eigenvalue weighted by Crippen LogP contribution is -2.11. The molecule has 0 saturated carbocycles. The van der Waals surface area contributed by atoms with Gasteiger partial charge in [-0.2, -0.15) is 0 Å². The molecular formula is C14H10Cl2N2OS. The van der Waals surface area contributed by atoms with E-state index in [0.29, 0.717) is 21.3 Å². The number of nitrogens with two attached hydrogens (primary N) is 1. The van der Waals surface area contributed by atoms with Crippen LogP contribution in [-0.4, -0.2) is 12.5 Å². The fraction of sp³-hybridized carbons (Fsp3) is 0.0714. The molecule has 0 radical (unpaired) electrons. The smallest absolute Gasteiger partial charge is 0.256 e. The number of nitrogens with one attached hydrogen (secondary N) is 1. The van der Waals surface area contributed by atoms with Gasteiger partial charge >= 0.3 is 0 Å². The highest BCUT2D eigenvalue weighted by Crippen LogP contribution is 2.30. The molecule has 0 aliphatic rings. The van der Waals surface area contributed by atoms with Crippen molar-refractivity contribution in [3.63, 3.8) is 0 Å². The Morgan fingerprint density at radius 3 is 2.95 bits per heavy atom. The summed E-state index contributed by atoms with van der Waals surface area (Å²) in [6.07, 6.45) is 0. The Morgan fingerprint density at radius 2 is 2.20 bits per heavy atom. The van der Waals surface area contributed by atoms with Gasteiger partial charge in [-0.15, -0.1) is 11.3 Å². The van der Waals surface area contributed by atoms with Gasteiger partial charge in [0, 0.05) is 5.38 Å². The van der Waals surface area contributed by atoms with Crippen LogP contribution in [0.3, 0.4) is 0 Å². The molecule has 0 atom stereocenters. The highest BCUT2D eigenvalue weighted by molar-refractivity contribution is 7.10. The minimum absolute atomic E-state index is 0.258. The van der Waals surface area contributed by atoms with Crippen LogP contribution in [0.5, 0.6) is 0 Å². The second-order valence-electron chi connectivity index (χ2n) is 3.76. The number of hydrogen-bond donors (Lipinski definition) is 2. The normalized spacial score (nSPS) is 9.75. The summed E-state index contributed by atoms with van der Waals surface area (Å²) in [6, 6.07) is 6.77. The van der Waals surface area contributed by atoms with Crippen molar-refractivity contribution in [3.05, 3.63) is 50.1 Å². The average Bonchev–Trinajstić information content (AvgIpc) is 2.90. The fourth-order valence-corrected chi connectivity index (χ4v) is 2.56.